The largest absolute Gasteiger partial charge is 0.497 e. The van der Waals surface area contributed by atoms with Crippen LogP contribution < -0.4 is 14.8 Å². The number of hydrogen-bond acceptors (Lipinski definition) is 4. The quantitative estimate of drug-likeness (QED) is 0.686. The van der Waals surface area contributed by atoms with Gasteiger partial charge in [-0.3, -0.25) is 4.79 Å². The Hall–Kier alpha value is -2.79. The third kappa shape index (κ3) is 4.61. The van der Waals surface area contributed by atoms with Crippen LogP contribution in [0, 0.1) is 6.92 Å². The van der Waals surface area contributed by atoms with Gasteiger partial charge in [-0.15, -0.1) is 11.3 Å². The second kappa shape index (κ2) is 7.85. The number of anilines is 1. The first-order chi connectivity index (χ1) is 12.1. The summed E-state index contributed by atoms with van der Waals surface area (Å²) in [6.45, 7) is 2.48. The highest BCUT2D eigenvalue weighted by atomic mass is 32.1. The molecule has 0 aliphatic rings. The fourth-order valence-corrected chi connectivity index (χ4v) is 3.03. The first kappa shape index (κ1) is 17.0. The number of nitrogens with one attached hydrogen (secondary N) is 1. The standard InChI is InChI=1S/C20H19NO3S/c1-14-3-7-18(8-4-14)24-12-15-11-19(25-13-15)20(22)21-16-5-9-17(23-2)10-6-16/h3-11,13H,12H2,1-2H3,(H,21,22). The van der Waals surface area contributed by atoms with Crippen LogP contribution in [0.4, 0.5) is 5.69 Å². The van der Waals surface area contributed by atoms with Gasteiger partial charge in [0.1, 0.15) is 18.1 Å². The first-order valence-electron chi connectivity index (χ1n) is 7.86. The van der Waals surface area contributed by atoms with Crippen LogP contribution in [0.3, 0.4) is 0 Å². The molecule has 3 aromatic rings. The van der Waals surface area contributed by atoms with Crippen molar-refractivity contribution in [3.8, 4) is 11.5 Å². The summed E-state index contributed by atoms with van der Waals surface area (Å²) in [5.41, 5.74) is 2.91. The highest BCUT2D eigenvalue weighted by Crippen LogP contribution is 2.21. The van der Waals surface area contributed by atoms with Crippen molar-refractivity contribution in [2.75, 3.05) is 12.4 Å². The normalized spacial score (nSPS) is 10.3. The maximum atomic E-state index is 12.3. The van der Waals surface area contributed by atoms with Crippen molar-refractivity contribution < 1.29 is 14.3 Å². The van der Waals surface area contributed by atoms with Gasteiger partial charge in [0, 0.05) is 11.3 Å². The number of amides is 1. The Morgan fingerprint density at radius 2 is 1.72 bits per heavy atom. The molecule has 3 rings (SSSR count). The molecule has 0 bridgehead atoms. The lowest BCUT2D eigenvalue weighted by Gasteiger charge is -2.05. The lowest BCUT2D eigenvalue weighted by molar-refractivity contribution is 0.103. The molecule has 1 aromatic heterocycles. The lowest BCUT2D eigenvalue weighted by Crippen LogP contribution is -2.10. The maximum Gasteiger partial charge on any atom is 0.265 e. The smallest absolute Gasteiger partial charge is 0.265 e. The summed E-state index contributed by atoms with van der Waals surface area (Å²) >= 11 is 1.41. The minimum atomic E-state index is -0.128. The molecule has 0 unspecified atom stereocenters. The molecular formula is C20H19NO3S. The van der Waals surface area contributed by atoms with Crippen molar-refractivity contribution in [3.63, 3.8) is 0 Å². The van der Waals surface area contributed by atoms with E-state index in [4.69, 9.17) is 9.47 Å². The van der Waals surface area contributed by atoms with E-state index in [-0.39, 0.29) is 5.91 Å². The predicted molar refractivity (Wildman–Crippen MR) is 101 cm³/mol. The SMILES string of the molecule is COc1ccc(NC(=O)c2cc(COc3ccc(C)cc3)cs2)cc1. The summed E-state index contributed by atoms with van der Waals surface area (Å²) in [6.07, 6.45) is 0. The molecule has 1 amide bonds. The van der Waals surface area contributed by atoms with E-state index in [0.29, 0.717) is 11.5 Å². The van der Waals surface area contributed by atoms with Crippen LogP contribution in [0.15, 0.2) is 60.0 Å². The van der Waals surface area contributed by atoms with Crippen molar-refractivity contribution in [1.29, 1.82) is 0 Å². The van der Waals surface area contributed by atoms with Crippen LogP contribution in [0.5, 0.6) is 11.5 Å². The number of hydrogen-bond donors (Lipinski definition) is 1. The number of aryl methyl sites for hydroxylation is 1. The lowest BCUT2D eigenvalue weighted by atomic mass is 10.2. The predicted octanol–water partition coefficient (Wildman–Crippen LogP) is 4.90. The highest BCUT2D eigenvalue weighted by molar-refractivity contribution is 7.12. The number of methoxy groups -OCH3 is 1. The van der Waals surface area contributed by atoms with Gasteiger partial charge in [0.05, 0.1) is 12.0 Å². The second-order valence-corrected chi connectivity index (χ2v) is 6.51. The van der Waals surface area contributed by atoms with Gasteiger partial charge < -0.3 is 14.8 Å². The fourth-order valence-electron chi connectivity index (χ4n) is 2.24. The second-order valence-electron chi connectivity index (χ2n) is 5.60. The van der Waals surface area contributed by atoms with Gasteiger partial charge in [-0.25, -0.2) is 0 Å². The van der Waals surface area contributed by atoms with Crippen molar-refractivity contribution in [3.05, 3.63) is 76.0 Å². The summed E-state index contributed by atoms with van der Waals surface area (Å²) in [5, 5.41) is 4.82. The van der Waals surface area contributed by atoms with Crippen LogP contribution in [0.1, 0.15) is 20.8 Å². The number of benzene rings is 2. The van der Waals surface area contributed by atoms with Crippen molar-refractivity contribution in [1.82, 2.24) is 0 Å². The molecule has 128 valence electrons. The number of rotatable bonds is 6. The van der Waals surface area contributed by atoms with E-state index in [0.717, 1.165) is 22.7 Å². The number of carbonyl (C=O) groups is 1. The first-order valence-corrected chi connectivity index (χ1v) is 8.74. The minimum Gasteiger partial charge on any atom is -0.497 e. The topological polar surface area (TPSA) is 47.6 Å². The summed E-state index contributed by atoms with van der Waals surface area (Å²) in [7, 11) is 1.61. The van der Waals surface area contributed by atoms with Crippen LogP contribution >= 0.6 is 11.3 Å². The monoisotopic (exact) mass is 353 g/mol. The molecule has 0 spiro atoms. The van der Waals surface area contributed by atoms with Crippen LogP contribution in [-0.4, -0.2) is 13.0 Å². The summed E-state index contributed by atoms with van der Waals surface area (Å²) in [6, 6.07) is 17.0. The average molecular weight is 353 g/mol. The third-order valence-corrected chi connectivity index (χ3v) is 4.63. The Morgan fingerprint density at radius 1 is 1.04 bits per heavy atom. The number of ether oxygens (including phenoxy) is 2. The summed E-state index contributed by atoms with van der Waals surface area (Å²) < 4.78 is 10.9. The third-order valence-electron chi connectivity index (χ3n) is 3.65. The van der Waals surface area contributed by atoms with Gasteiger partial charge in [-0.05, 0) is 54.8 Å². The van der Waals surface area contributed by atoms with Crippen molar-refractivity contribution in [2.45, 2.75) is 13.5 Å². The Bertz CT molecular complexity index is 838. The summed E-state index contributed by atoms with van der Waals surface area (Å²) in [5.74, 6) is 1.45. The Morgan fingerprint density at radius 3 is 2.40 bits per heavy atom. The van der Waals surface area contributed by atoms with E-state index < -0.39 is 0 Å². The molecule has 4 nitrogen and oxygen atoms in total. The zero-order valence-corrected chi connectivity index (χ0v) is 14.9. The fraction of sp³-hybridized carbons (Fsp3) is 0.150. The molecule has 25 heavy (non-hydrogen) atoms. The van der Waals surface area contributed by atoms with E-state index >= 15 is 0 Å². The highest BCUT2D eigenvalue weighted by Gasteiger charge is 2.10. The zero-order chi connectivity index (χ0) is 17.6. The van der Waals surface area contributed by atoms with Gasteiger partial charge >= 0.3 is 0 Å². The molecule has 0 fully saturated rings. The minimum absolute atomic E-state index is 0.128. The van der Waals surface area contributed by atoms with Crippen molar-refractivity contribution >= 4 is 22.9 Å². The molecule has 2 aromatic carbocycles. The Kier molecular flexibility index (Phi) is 5.36. The molecular weight excluding hydrogens is 334 g/mol. The van der Waals surface area contributed by atoms with Gasteiger partial charge in [-0.1, -0.05) is 17.7 Å². The zero-order valence-electron chi connectivity index (χ0n) is 14.1. The molecule has 0 atom stereocenters. The number of carbonyl (C=O) groups excluding carboxylic acids is 1. The molecule has 0 radical (unpaired) electrons. The maximum absolute atomic E-state index is 12.3. The molecule has 0 saturated heterocycles. The molecule has 5 heteroatoms. The van der Waals surface area contributed by atoms with E-state index in [1.807, 2.05) is 66.9 Å². The van der Waals surface area contributed by atoms with E-state index in [2.05, 4.69) is 5.32 Å². The van der Waals surface area contributed by atoms with Crippen LogP contribution in [0.25, 0.3) is 0 Å². The van der Waals surface area contributed by atoms with Gasteiger partial charge in [-0.2, -0.15) is 0 Å². The van der Waals surface area contributed by atoms with E-state index in [1.54, 1.807) is 7.11 Å². The molecule has 0 aliphatic heterocycles. The van der Waals surface area contributed by atoms with Gasteiger partial charge in [0.15, 0.2) is 0 Å². The van der Waals surface area contributed by atoms with Gasteiger partial charge in [0.25, 0.3) is 5.91 Å². The molecule has 1 heterocycles. The van der Waals surface area contributed by atoms with Crippen molar-refractivity contribution in [2.24, 2.45) is 0 Å². The molecule has 1 N–H and O–H groups in total. The molecule has 0 aliphatic carbocycles. The van der Waals surface area contributed by atoms with Crippen LogP contribution in [-0.2, 0) is 6.61 Å². The van der Waals surface area contributed by atoms with Gasteiger partial charge in [0.2, 0.25) is 0 Å². The Labute approximate surface area is 151 Å². The van der Waals surface area contributed by atoms with E-state index in [9.17, 15) is 4.79 Å². The van der Waals surface area contributed by atoms with E-state index in [1.165, 1.54) is 16.9 Å². The Balaban J connectivity index is 1.58. The molecule has 0 saturated carbocycles. The number of thiophene rings is 1. The van der Waals surface area contributed by atoms with Crippen LogP contribution in [0.2, 0.25) is 0 Å². The summed E-state index contributed by atoms with van der Waals surface area (Å²) in [4.78, 5) is 13.0. The average Bonchev–Trinajstić information content (AvgIpc) is 3.11.